The van der Waals surface area contributed by atoms with Crippen molar-refractivity contribution in [3.05, 3.63) is 35.2 Å². The fourth-order valence-electron chi connectivity index (χ4n) is 1.85. The van der Waals surface area contributed by atoms with Gasteiger partial charge >= 0.3 is 5.97 Å². The third kappa shape index (κ3) is 3.74. The number of carboxylic acids is 1. The average molecular weight is 309 g/mol. The zero-order valence-corrected chi connectivity index (χ0v) is 12.6. The summed E-state index contributed by atoms with van der Waals surface area (Å²) in [7, 11) is 0. The Hall–Kier alpha value is -1.53. The SMILES string of the molecule is CC(=O)N[C@@H](CSCc1csc2ccccc12)C(=O)O. The Labute approximate surface area is 125 Å². The molecule has 20 heavy (non-hydrogen) atoms. The largest absolute Gasteiger partial charge is 0.480 e. The minimum atomic E-state index is -0.997. The summed E-state index contributed by atoms with van der Waals surface area (Å²) in [6.45, 7) is 1.33. The highest BCUT2D eigenvalue weighted by atomic mass is 32.2. The Kier molecular flexibility index (Phi) is 5.03. The summed E-state index contributed by atoms with van der Waals surface area (Å²) in [6, 6.07) is 7.32. The molecule has 0 saturated carbocycles. The molecule has 4 nitrogen and oxygen atoms in total. The number of nitrogens with one attached hydrogen (secondary N) is 1. The fourth-order valence-corrected chi connectivity index (χ4v) is 3.96. The summed E-state index contributed by atoms with van der Waals surface area (Å²) in [4.78, 5) is 22.0. The maximum absolute atomic E-state index is 11.0. The van der Waals surface area contributed by atoms with E-state index in [1.165, 1.54) is 34.3 Å². The summed E-state index contributed by atoms with van der Waals surface area (Å²) in [5, 5.41) is 14.8. The highest BCUT2D eigenvalue weighted by molar-refractivity contribution is 7.98. The Balaban J connectivity index is 1.94. The number of benzene rings is 1. The van der Waals surface area contributed by atoms with E-state index >= 15 is 0 Å². The van der Waals surface area contributed by atoms with Crippen molar-refractivity contribution in [2.24, 2.45) is 0 Å². The summed E-state index contributed by atoms with van der Waals surface area (Å²) in [6.07, 6.45) is 0. The van der Waals surface area contributed by atoms with Crippen LogP contribution < -0.4 is 5.32 Å². The molecule has 2 aromatic rings. The zero-order valence-electron chi connectivity index (χ0n) is 11.0. The molecule has 1 amide bonds. The van der Waals surface area contributed by atoms with Gasteiger partial charge in [0.05, 0.1) is 0 Å². The second-order valence-electron chi connectivity index (χ2n) is 4.36. The number of hydrogen-bond donors (Lipinski definition) is 2. The number of carboxylic acid groups (broad SMARTS) is 1. The van der Waals surface area contributed by atoms with Crippen LogP contribution in [0.25, 0.3) is 10.1 Å². The van der Waals surface area contributed by atoms with E-state index in [1.807, 2.05) is 12.1 Å². The lowest BCUT2D eigenvalue weighted by molar-refractivity contribution is -0.140. The molecule has 1 aromatic carbocycles. The van der Waals surface area contributed by atoms with Gasteiger partial charge < -0.3 is 10.4 Å². The standard InChI is InChI=1S/C14H15NO3S2/c1-9(16)15-12(14(17)18)8-19-6-10-7-20-13-5-3-2-4-11(10)13/h2-5,7,12H,6,8H2,1H3,(H,15,16)(H,17,18)/t12-/m0/s1. The maximum atomic E-state index is 11.0. The number of aliphatic carboxylic acids is 1. The molecule has 1 aromatic heterocycles. The predicted octanol–water partition coefficient (Wildman–Crippen LogP) is 2.72. The molecule has 1 heterocycles. The smallest absolute Gasteiger partial charge is 0.327 e. The minimum absolute atomic E-state index is 0.320. The number of rotatable bonds is 6. The van der Waals surface area contributed by atoms with Crippen molar-refractivity contribution in [1.29, 1.82) is 0 Å². The Morgan fingerprint density at radius 2 is 2.15 bits per heavy atom. The number of carbonyl (C=O) groups excluding carboxylic acids is 1. The molecule has 0 aliphatic rings. The quantitative estimate of drug-likeness (QED) is 0.861. The monoisotopic (exact) mass is 309 g/mol. The summed E-state index contributed by atoms with van der Waals surface area (Å²) in [5.74, 6) is -0.214. The molecule has 0 radical (unpaired) electrons. The van der Waals surface area contributed by atoms with Gasteiger partial charge in [0.15, 0.2) is 0 Å². The highest BCUT2D eigenvalue weighted by Gasteiger charge is 2.18. The van der Waals surface area contributed by atoms with Gasteiger partial charge in [-0.15, -0.1) is 11.3 Å². The summed E-state index contributed by atoms with van der Waals surface area (Å²) < 4.78 is 1.24. The van der Waals surface area contributed by atoms with Gasteiger partial charge in [-0.2, -0.15) is 11.8 Å². The first-order valence-electron chi connectivity index (χ1n) is 6.10. The van der Waals surface area contributed by atoms with E-state index in [1.54, 1.807) is 11.3 Å². The van der Waals surface area contributed by atoms with Gasteiger partial charge in [0.1, 0.15) is 6.04 Å². The van der Waals surface area contributed by atoms with Crippen LogP contribution in [0.5, 0.6) is 0 Å². The van der Waals surface area contributed by atoms with Crippen LogP contribution in [0.4, 0.5) is 0 Å². The van der Waals surface area contributed by atoms with E-state index in [9.17, 15) is 9.59 Å². The van der Waals surface area contributed by atoms with Crippen LogP contribution in [0.1, 0.15) is 12.5 Å². The van der Waals surface area contributed by atoms with Crippen molar-refractivity contribution in [1.82, 2.24) is 5.32 Å². The van der Waals surface area contributed by atoms with Crippen molar-refractivity contribution < 1.29 is 14.7 Å². The summed E-state index contributed by atoms with van der Waals surface area (Å²) in [5.41, 5.74) is 1.21. The molecule has 0 saturated heterocycles. The lowest BCUT2D eigenvalue weighted by atomic mass is 10.2. The lowest BCUT2D eigenvalue weighted by Gasteiger charge is -2.12. The first-order valence-corrected chi connectivity index (χ1v) is 8.14. The third-order valence-electron chi connectivity index (χ3n) is 2.78. The third-order valence-corrected chi connectivity index (χ3v) is 4.88. The van der Waals surface area contributed by atoms with Crippen molar-refractivity contribution in [2.75, 3.05) is 5.75 Å². The van der Waals surface area contributed by atoms with Gasteiger partial charge in [-0.05, 0) is 22.4 Å². The predicted molar refractivity (Wildman–Crippen MR) is 83.2 cm³/mol. The van der Waals surface area contributed by atoms with Gasteiger partial charge in [-0.1, -0.05) is 18.2 Å². The molecular formula is C14H15NO3S2. The topological polar surface area (TPSA) is 66.4 Å². The van der Waals surface area contributed by atoms with E-state index in [2.05, 4.69) is 22.8 Å². The molecule has 6 heteroatoms. The van der Waals surface area contributed by atoms with Crippen LogP contribution in [0, 0.1) is 0 Å². The molecule has 0 bridgehead atoms. The molecule has 2 rings (SSSR count). The van der Waals surface area contributed by atoms with Crippen LogP contribution in [0.15, 0.2) is 29.6 Å². The van der Waals surface area contributed by atoms with Gasteiger partial charge in [0.2, 0.25) is 5.91 Å². The molecule has 0 fully saturated rings. The number of carbonyl (C=O) groups is 2. The van der Waals surface area contributed by atoms with E-state index in [-0.39, 0.29) is 5.91 Å². The molecule has 0 unspecified atom stereocenters. The van der Waals surface area contributed by atoms with Crippen LogP contribution >= 0.6 is 23.1 Å². The Morgan fingerprint density at radius 3 is 2.85 bits per heavy atom. The normalized spacial score (nSPS) is 12.2. The van der Waals surface area contributed by atoms with Crippen molar-refractivity contribution in [2.45, 2.75) is 18.7 Å². The van der Waals surface area contributed by atoms with Gasteiger partial charge in [-0.25, -0.2) is 4.79 Å². The molecule has 1 atom stereocenters. The minimum Gasteiger partial charge on any atom is -0.480 e. The zero-order chi connectivity index (χ0) is 14.5. The molecule has 0 aliphatic carbocycles. The van der Waals surface area contributed by atoms with Crippen LogP contribution in [0.3, 0.4) is 0 Å². The Bertz CT molecular complexity index is 624. The van der Waals surface area contributed by atoms with E-state index in [0.717, 1.165) is 5.75 Å². The maximum Gasteiger partial charge on any atom is 0.327 e. The number of hydrogen-bond acceptors (Lipinski definition) is 4. The second kappa shape index (κ2) is 6.76. The van der Waals surface area contributed by atoms with E-state index < -0.39 is 12.0 Å². The van der Waals surface area contributed by atoms with E-state index in [0.29, 0.717) is 5.75 Å². The molecular weight excluding hydrogens is 294 g/mol. The van der Waals surface area contributed by atoms with Gasteiger partial charge in [0.25, 0.3) is 0 Å². The number of fused-ring (bicyclic) bond motifs is 1. The van der Waals surface area contributed by atoms with Crippen LogP contribution in [0.2, 0.25) is 0 Å². The molecule has 0 aliphatic heterocycles. The van der Waals surface area contributed by atoms with E-state index in [4.69, 9.17) is 5.11 Å². The summed E-state index contributed by atoms with van der Waals surface area (Å²) >= 11 is 3.21. The number of thioether (sulfide) groups is 1. The van der Waals surface area contributed by atoms with Crippen LogP contribution in [-0.2, 0) is 15.3 Å². The molecule has 2 N–H and O–H groups in total. The highest BCUT2D eigenvalue weighted by Crippen LogP contribution is 2.28. The van der Waals surface area contributed by atoms with Crippen molar-refractivity contribution >= 4 is 45.1 Å². The Morgan fingerprint density at radius 1 is 1.40 bits per heavy atom. The van der Waals surface area contributed by atoms with Crippen molar-refractivity contribution in [3.8, 4) is 0 Å². The first-order chi connectivity index (χ1) is 9.58. The number of amides is 1. The molecule has 0 spiro atoms. The van der Waals surface area contributed by atoms with Crippen LogP contribution in [-0.4, -0.2) is 28.8 Å². The second-order valence-corrected chi connectivity index (χ2v) is 6.31. The molecule has 106 valence electrons. The van der Waals surface area contributed by atoms with Gasteiger partial charge in [0, 0.05) is 23.1 Å². The van der Waals surface area contributed by atoms with Crippen molar-refractivity contribution in [3.63, 3.8) is 0 Å². The average Bonchev–Trinajstić information content (AvgIpc) is 2.80. The number of thiophene rings is 1. The lowest BCUT2D eigenvalue weighted by Crippen LogP contribution is -2.41. The first kappa shape index (κ1) is 14.9. The fraction of sp³-hybridized carbons (Fsp3) is 0.286. The van der Waals surface area contributed by atoms with Gasteiger partial charge in [-0.3, -0.25) is 4.79 Å².